The fourth-order valence-electron chi connectivity index (χ4n) is 0.760. The van der Waals surface area contributed by atoms with Crippen molar-refractivity contribution in [3.05, 3.63) is 73.6 Å². The summed E-state index contributed by atoms with van der Waals surface area (Å²) < 4.78 is 0. The van der Waals surface area contributed by atoms with E-state index in [4.69, 9.17) is 0 Å². The third-order valence-corrected chi connectivity index (χ3v) is 1.45. The topological polar surface area (TPSA) is 305 Å². The second kappa shape index (κ2) is 70.5. The van der Waals surface area contributed by atoms with Crippen LogP contribution >= 0.6 is 0 Å². The van der Waals surface area contributed by atoms with Gasteiger partial charge in [0.05, 0.1) is 0 Å². The van der Waals surface area contributed by atoms with Crippen molar-refractivity contribution in [2.24, 2.45) is 0 Å². The van der Waals surface area contributed by atoms with Crippen LogP contribution in [0.5, 0.6) is 0 Å². The van der Waals surface area contributed by atoms with E-state index in [2.05, 4.69) is 30.6 Å². The largest absolute Gasteiger partial charge is 2.00 e. The Bertz CT molecular complexity index is 351. The first-order valence-corrected chi connectivity index (χ1v) is 5.15. The van der Waals surface area contributed by atoms with Gasteiger partial charge in [0.2, 0.25) is 0 Å². The molecule has 0 spiro atoms. The van der Waals surface area contributed by atoms with Crippen molar-refractivity contribution in [3.63, 3.8) is 0 Å². The van der Waals surface area contributed by atoms with E-state index in [1.54, 1.807) is 37.2 Å². The van der Waals surface area contributed by atoms with Crippen molar-refractivity contribution >= 4 is 0 Å². The molecule has 3 rings (SSSR count). The van der Waals surface area contributed by atoms with Gasteiger partial charge >= 0.3 is 34.1 Å². The Labute approximate surface area is 221 Å². The van der Waals surface area contributed by atoms with Gasteiger partial charge in [-0.2, -0.15) is 30.6 Å². The van der Waals surface area contributed by atoms with Crippen LogP contribution in [0, 0.1) is 0 Å². The summed E-state index contributed by atoms with van der Waals surface area (Å²) in [5.41, 5.74) is 0. The molecule has 0 fully saturated rings. The van der Waals surface area contributed by atoms with Gasteiger partial charge in [0, 0.05) is 78.0 Å². The van der Waals surface area contributed by atoms with E-state index >= 15 is 0 Å². The maximum absolute atomic E-state index is 3.53. The van der Waals surface area contributed by atoms with E-state index in [0.717, 1.165) is 0 Å². The van der Waals surface area contributed by atoms with Gasteiger partial charge in [0.25, 0.3) is 0 Å². The molecule has 3 heterocycles. The number of rotatable bonds is 0. The third kappa shape index (κ3) is 63.1. The standard InChI is InChI=1S/3C4H4N2.2Cu.8O.2Re/c3*1-2-4-6-5-3-1;;;;;;;;;;;;/h3*1-4H;;;;;;;;;;;;/q;;;2*+1;8*-2;;. The minimum atomic E-state index is 0. The van der Waals surface area contributed by atoms with Crippen LogP contribution in [0.4, 0.5) is 0 Å². The Morgan fingerprint density at radius 1 is 0.267 bits per heavy atom. The Kier molecular flexibility index (Phi) is 184. The molecule has 3 aromatic rings. The maximum Gasteiger partial charge on any atom is 1.00 e. The van der Waals surface area contributed by atoms with Crippen LogP contribution in [0.3, 0.4) is 0 Å². The van der Waals surface area contributed by atoms with Gasteiger partial charge in [-0.3, -0.25) is 0 Å². The predicted molar refractivity (Wildman–Crippen MR) is 71.6 cm³/mol. The summed E-state index contributed by atoms with van der Waals surface area (Å²) in [5.74, 6) is 0. The van der Waals surface area contributed by atoms with Gasteiger partial charge in [-0.15, -0.1) is 0 Å². The molecule has 188 valence electrons. The summed E-state index contributed by atoms with van der Waals surface area (Å²) in [4.78, 5) is 0. The summed E-state index contributed by atoms with van der Waals surface area (Å²) in [7, 11) is 0. The molecule has 14 nitrogen and oxygen atoms in total. The third-order valence-electron chi connectivity index (χ3n) is 1.45. The first-order chi connectivity index (χ1) is 9.00. The normalized spacial score (nSPS) is 4.80. The zero-order chi connectivity index (χ0) is 12.7. The minimum absolute atomic E-state index is 0. The van der Waals surface area contributed by atoms with Crippen LogP contribution in [0.2, 0.25) is 0 Å². The summed E-state index contributed by atoms with van der Waals surface area (Å²) >= 11 is 0. The van der Waals surface area contributed by atoms with Gasteiger partial charge in [-0.05, 0) is 36.4 Å². The van der Waals surface area contributed by atoms with Crippen molar-refractivity contribution in [2.45, 2.75) is 0 Å². The van der Waals surface area contributed by atoms with Crippen molar-refractivity contribution in [1.82, 2.24) is 30.6 Å². The van der Waals surface area contributed by atoms with E-state index in [-0.39, 0.29) is 119 Å². The molecule has 0 aliphatic heterocycles. The average Bonchev–Trinajstić information content (AvgIpc) is 2.54. The molecular formula is C12H12Cu2N6O8Re2-14. The molecule has 3 aromatic heterocycles. The molecule has 0 bridgehead atoms. The Morgan fingerprint density at radius 3 is 0.400 bits per heavy atom. The van der Waals surface area contributed by atoms with Gasteiger partial charge in [-0.1, -0.05) is 0 Å². The summed E-state index contributed by atoms with van der Waals surface area (Å²) in [5, 5.41) is 21.2. The molecular weight excluding hydrogens is 856 g/mol. The smallest absolute Gasteiger partial charge is 1.00 e. The van der Waals surface area contributed by atoms with Crippen LogP contribution < -0.4 is 0 Å². The summed E-state index contributed by atoms with van der Waals surface area (Å²) in [6.45, 7) is 0. The average molecular weight is 868 g/mol. The van der Waals surface area contributed by atoms with Crippen molar-refractivity contribution in [1.29, 1.82) is 0 Å². The van der Waals surface area contributed by atoms with Crippen LogP contribution in [0.15, 0.2) is 73.6 Å². The van der Waals surface area contributed by atoms with E-state index in [1.165, 1.54) is 0 Å². The molecule has 0 saturated heterocycles. The Hall–Kier alpha value is -0.716. The molecule has 0 saturated carbocycles. The molecule has 18 heteroatoms. The first kappa shape index (κ1) is 78.4. The number of aromatic nitrogens is 6. The molecule has 2 radical (unpaired) electrons. The van der Waals surface area contributed by atoms with Crippen molar-refractivity contribution in [2.75, 3.05) is 0 Å². The molecule has 0 amide bonds. The van der Waals surface area contributed by atoms with Gasteiger partial charge < -0.3 is 43.8 Å². The number of hydrogen-bond acceptors (Lipinski definition) is 6. The molecule has 0 aliphatic carbocycles. The first-order valence-electron chi connectivity index (χ1n) is 5.15. The summed E-state index contributed by atoms with van der Waals surface area (Å²) in [6, 6.07) is 11.0. The van der Waals surface area contributed by atoms with Gasteiger partial charge in [-0.25, -0.2) is 0 Å². The van der Waals surface area contributed by atoms with E-state index < -0.39 is 0 Å². The molecule has 0 aromatic carbocycles. The number of hydrogen-bond donors (Lipinski definition) is 0. The van der Waals surface area contributed by atoms with Gasteiger partial charge in [0.1, 0.15) is 0 Å². The second-order valence-electron chi connectivity index (χ2n) is 2.74. The van der Waals surface area contributed by atoms with E-state index in [1.807, 2.05) is 36.4 Å². The Balaban J connectivity index is -0.0000000135. The van der Waals surface area contributed by atoms with Crippen molar-refractivity contribution < 1.29 is 119 Å². The molecule has 0 unspecified atom stereocenters. The van der Waals surface area contributed by atoms with Gasteiger partial charge in [0.15, 0.2) is 0 Å². The number of nitrogens with zero attached hydrogens (tertiary/aromatic N) is 6. The molecule has 0 atom stereocenters. The van der Waals surface area contributed by atoms with Crippen LogP contribution in [0.25, 0.3) is 0 Å². The fraction of sp³-hybridized carbons (Fsp3) is 0. The Morgan fingerprint density at radius 2 is 0.367 bits per heavy atom. The van der Waals surface area contributed by atoms with Crippen molar-refractivity contribution in [3.8, 4) is 0 Å². The minimum Gasteiger partial charge on any atom is -2.00 e. The zero-order valence-electron chi connectivity index (χ0n) is 14.2. The fourth-order valence-corrected chi connectivity index (χ4v) is 0.760. The zero-order valence-corrected chi connectivity index (χ0v) is 21.6. The second-order valence-corrected chi connectivity index (χ2v) is 2.74. The predicted octanol–water partition coefficient (Wildman–Crippen LogP) is 0.469. The van der Waals surface area contributed by atoms with Crippen LogP contribution in [-0.4, -0.2) is 30.6 Å². The maximum atomic E-state index is 3.53. The van der Waals surface area contributed by atoms with E-state index in [9.17, 15) is 0 Å². The van der Waals surface area contributed by atoms with Crippen LogP contribution in [-0.2, 0) is 119 Å². The molecule has 30 heavy (non-hydrogen) atoms. The van der Waals surface area contributed by atoms with Crippen LogP contribution in [0.1, 0.15) is 0 Å². The SMILES string of the molecule is [Cu+].[Cu+].[O-2].[O-2].[O-2].[O-2].[O-2].[O-2].[O-2].[O-2].[Re].[Re].c1ccnnc1.c1ccnnc1.c1ccnnc1. The molecule has 0 N–H and O–H groups in total. The van der Waals surface area contributed by atoms with E-state index in [0.29, 0.717) is 0 Å². The monoisotopic (exact) mass is 868 g/mol. The summed E-state index contributed by atoms with van der Waals surface area (Å²) in [6.07, 6.45) is 9.83. The molecule has 0 aliphatic rings. The quantitative estimate of drug-likeness (QED) is 0.289.